The minimum absolute atomic E-state index is 0.153. The third kappa shape index (κ3) is 3.45. The van der Waals surface area contributed by atoms with E-state index in [1.54, 1.807) is 25.1 Å². The van der Waals surface area contributed by atoms with E-state index in [9.17, 15) is 15.0 Å². The summed E-state index contributed by atoms with van der Waals surface area (Å²) in [5, 5.41) is 19.6. The van der Waals surface area contributed by atoms with E-state index >= 15 is 0 Å². The molecule has 5 heteroatoms. The first-order chi connectivity index (χ1) is 8.49. The number of rotatable bonds is 5. The van der Waals surface area contributed by atoms with Crippen molar-refractivity contribution in [3.8, 4) is 5.75 Å². The van der Waals surface area contributed by atoms with Crippen molar-refractivity contribution < 1.29 is 24.5 Å². The van der Waals surface area contributed by atoms with Gasteiger partial charge in [-0.15, -0.1) is 0 Å². The molecule has 18 heavy (non-hydrogen) atoms. The Morgan fingerprint density at radius 2 is 2.00 bits per heavy atom. The van der Waals surface area contributed by atoms with Crippen molar-refractivity contribution in [3.05, 3.63) is 29.3 Å². The molecule has 1 rings (SSSR count). The summed E-state index contributed by atoms with van der Waals surface area (Å²) in [6.45, 7) is 3.61. The van der Waals surface area contributed by atoms with E-state index in [-0.39, 0.29) is 6.61 Å². The lowest BCUT2D eigenvalue weighted by molar-refractivity contribution is -0.159. The summed E-state index contributed by atoms with van der Waals surface area (Å²) in [6.07, 6.45) is -2.94. The molecule has 0 amide bonds. The molecule has 0 aromatic heterocycles. The molecule has 1 aromatic carbocycles. The van der Waals surface area contributed by atoms with Crippen LogP contribution in [-0.2, 0) is 9.53 Å². The molecule has 0 bridgehead atoms. The van der Waals surface area contributed by atoms with Gasteiger partial charge in [-0.1, -0.05) is 6.07 Å². The van der Waals surface area contributed by atoms with E-state index in [1.807, 2.05) is 6.92 Å². The fourth-order valence-electron chi connectivity index (χ4n) is 1.60. The van der Waals surface area contributed by atoms with E-state index in [0.717, 1.165) is 5.56 Å². The molecule has 1 aromatic rings. The number of carbonyl (C=O) groups is 1. The van der Waals surface area contributed by atoms with Crippen LogP contribution < -0.4 is 4.74 Å². The van der Waals surface area contributed by atoms with Gasteiger partial charge in [0.1, 0.15) is 11.9 Å². The van der Waals surface area contributed by atoms with Crippen molar-refractivity contribution in [3.63, 3.8) is 0 Å². The van der Waals surface area contributed by atoms with E-state index < -0.39 is 18.2 Å². The first-order valence-corrected chi connectivity index (χ1v) is 5.68. The molecule has 0 radical (unpaired) electrons. The minimum atomic E-state index is -1.60. The average Bonchev–Trinajstić information content (AvgIpc) is 2.36. The minimum Gasteiger partial charge on any atom is -0.497 e. The lowest BCUT2D eigenvalue weighted by Crippen LogP contribution is -2.29. The monoisotopic (exact) mass is 254 g/mol. The quantitative estimate of drug-likeness (QED) is 0.765. The van der Waals surface area contributed by atoms with E-state index in [4.69, 9.17) is 4.74 Å². The van der Waals surface area contributed by atoms with Crippen molar-refractivity contribution >= 4 is 5.97 Å². The van der Waals surface area contributed by atoms with Crippen molar-refractivity contribution in [2.75, 3.05) is 13.7 Å². The second-order valence-corrected chi connectivity index (χ2v) is 3.93. The topological polar surface area (TPSA) is 76.0 Å². The highest BCUT2D eigenvalue weighted by atomic mass is 16.5. The Bertz CT molecular complexity index is 416. The first kappa shape index (κ1) is 14.5. The smallest absolute Gasteiger partial charge is 0.338 e. The molecule has 0 aliphatic carbocycles. The van der Waals surface area contributed by atoms with Gasteiger partial charge >= 0.3 is 5.97 Å². The summed E-state index contributed by atoms with van der Waals surface area (Å²) in [4.78, 5) is 11.3. The Hall–Kier alpha value is -1.59. The number of esters is 1. The van der Waals surface area contributed by atoms with Gasteiger partial charge in [0.15, 0.2) is 6.10 Å². The van der Waals surface area contributed by atoms with Gasteiger partial charge in [-0.05, 0) is 37.1 Å². The summed E-state index contributed by atoms with van der Waals surface area (Å²) < 4.78 is 9.72. The van der Waals surface area contributed by atoms with Crippen LogP contribution in [0.5, 0.6) is 5.75 Å². The molecule has 100 valence electrons. The van der Waals surface area contributed by atoms with Gasteiger partial charge in [-0.25, -0.2) is 4.79 Å². The predicted molar refractivity (Wildman–Crippen MR) is 65.3 cm³/mol. The number of carbonyl (C=O) groups excluding carboxylic acids is 1. The Morgan fingerprint density at radius 1 is 1.33 bits per heavy atom. The van der Waals surface area contributed by atoms with Crippen LogP contribution in [-0.4, -0.2) is 36.0 Å². The normalized spacial score (nSPS) is 13.8. The summed E-state index contributed by atoms with van der Waals surface area (Å²) >= 11 is 0. The van der Waals surface area contributed by atoms with Crippen LogP contribution >= 0.6 is 0 Å². The number of ether oxygens (including phenoxy) is 2. The van der Waals surface area contributed by atoms with Crippen molar-refractivity contribution in [1.82, 2.24) is 0 Å². The Labute approximate surface area is 106 Å². The standard InChI is InChI=1S/C13H18O5/c1-4-18-13(16)12(15)11(14)9-5-8(2)6-10(7-9)17-3/h5-7,11-12,14-15H,4H2,1-3H3. The number of aliphatic hydroxyl groups is 2. The number of methoxy groups -OCH3 is 1. The number of aliphatic hydroxyl groups excluding tert-OH is 2. The third-order valence-corrected chi connectivity index (χ3v) is 2.48. The maximum atomic E-state index is 11.3. The van der Waals surface area contributed by atoms with E-state index in [1.165, 1.54) is 7.11 Å². The molecule has 2 atom stereocenters. The van der Waals surface area contributed by atoms with Gasteiger partial charge in [-0.3, -0.25) is 0 Å². The molecular weight excluding hydrogens is 236 g/mol. The van der Waals surface area contributed by atoms with Crippen LogP contribution in [0.2, 0.25) is 0 Å². The zero-order chi connectivity index (χ0) is 13.7. The van der Waals surface area contributed by atoms with Crippen molar-refractivity contribution in [2.45, 2.75) is 26.1 Å². The van der Waals surface area contributed by atoms with Gasteiger partial charge in [0, 0.05) is 0 Å². The molecule has 2 N–H and O–H groups in total. The van der Waals surface area contributed by atoms with Gasteiger partial charge in [-0.2, -0.15) is 0 Å². The van der Waals surface area contributed by atoms with Crippen LogP contribution in [0.15, 0.2) is 18.2 Å². The fraction of sp³-hybridized carbons (Fsp3) is 0.462. The molecule has 0 spiro atoms. The maximum Gasteiger partial charge on any atom is 0.338 e. The highest BCUT2D eigenvalue weighted by Gasteiger charge is 2.27. The summed E-state index contributed by atoms with van der Waals surface area (Å²) in [6, 6.07) is 5.03. The zero-order valence-corrected chi connectivity index (χ0v) is 10.7. The first-order valence-electron chi connectivity index (χ1n) is 5.68. The number of benzene rings is 1. The molecule has 5 nitrogen and oxygen atoms in total. The molecule has 0 heterocycles. The molecular formula is C13H18O5. The van der Waals surface area contributed by atoms with Crippen LogP contribution in [0.25, 0.3) is 0 Å². The Kier molecular flexibility index (Phi) is 5.12. The highest BCUT2D eigenvalue weighted by Crippen LogP contribution is 2.24. The van der Waals surface area contributed by atoms with Crippen molar-refractivity contribution in [2.24, 2.45) is 0 Å². The van der Waals surface area contributed by atoms with Gasteiger partial charge < -0.3 is 19.7 Å². The number of hydrogen-bond acceptors (Lipinski definition) is 5. The summed E-state index contributed by atoms with van der Waals surface area (Å²) in [5.74, 6) is -0.286. The third-order valence-electron chi connectivity index (χ3n) is 2.48. The highest BCUT2D eigenvalue weighted by molar-refractivity contribution is 5.75. The second-order valence-electron chi connectivity index (χ2n) is 3.93. The van der Waals surface area contributed by atoms with E-state index in [2.05, 4.69) is 4.74 Å². The molecule has 0 saturated carbocycles. The van der Waals surface area contributed by atoms with Crippen molar-refractivity contribution in [1.29, 1.82) is 0 Å². The largest absolute Gasteiger partial charge is 0.497 e. The van der Waals surface area contributed by atoms with Crippen LogP contribution in [0.1, 0.15) is 24.2 Å². The molecule has 0 fully saturated rings. The predicted octanol–water partition coefficient (Wildman–Crippen LogP) is 0.961. The van der Waals surface area contributed by atoms with Crippen LogP contribution in [0.3, 0.4) is 0 Å². The SMILES string of the molecule is CCOC(=O)C(O)C(O)c1cc(C)cc(OC)c1. The fourth-order valence-corrected chi connectivity index (χ4v) is 1.60. The Balaban J connectivity index is 2.92. The average molecular weight is 254 g/mol. The molecule has 0 saturated heterocycles. The number of aryl methyl sites for hydroxylation is 1. The van der Waals surface area contributed by atoms with E-state index in [0.29, 0.717) is 11.3 Å². The number of hydrogen-bond donors (Lipinski definition) is 2. The molecule has 2 unspecified atom stereocenters. The maximum absolute atomic E-state index is 11.3. The van der Waals surface area contributed by atoms with Crippen LogP contribution in [0, 0.1) is 6.92 Å². The molecule has 0 aliphatic heterocycles. The lowest BCUT2D eigenvalue weighted by atomic mass is 10.0. The summed E-state index contributed by atoms with van der Waals surface area (Å²) in [5.41, 5.74) is 1.27. The summed E-state index contributed by atoms with van der Waals surface area (Å²) in [7, 11) is 1.51. The second kappa shape index (κ2) is 6.37. The Morgan fingerprint density at radius 3 is 2.56 bits per heavy atom. The van der Waals surface area contributed by atoms with Crippen LogP contribution in [0.4, 0.5) is 0 Å². The van der Waals surface area contributed by atoms with Gasteiger partial charge in [0.2, 0.25) is 0 Å². The van der Waals surface area contributed by atoms with Gasteiger partial charge in [0.05, 0.1) is 13.7 Å². The molecule has 0 aliphatic rings. The van der Waals surface area contributed by atoms with Gasteiger partial charge in [0.25, 0.3) is 0 Å². The lowest BCUT2D eigenvalue weighted by Gasteiger charge is -2.17. The zero-order valence-electron chi connectivity index (χ0n) is 10.7.